The molecule has 3 nitrogen and oxygen atoms in total. The summed E-state index contributed by atoms with van der Waals surface area (Å²) in [5.74, 6) is -2.01. The van der Waals surface area contributed by atoms with E-state index in [9.17, 15) is 13.6 Å². The molecule has 1 aromatic heterocycles. The fraction of sp³-hybridized carbons (Fsp3) is 0.267. The number of hydrogen-bond acceptors (Lipinski definition) is 3. The number of thiophene rings is 1. The molecule has 0 saturated heterocycles. The number of nitrogens with one attached hydrogen (secondary N) is 1. The lowest BCUT2D eigenvalue weighted by Crippen LogP contribution is -2.34. The monoisotopic (exact) mass is 310 g/mol. The zero-order chi connectivity index (χ0) is 15.4. The molecule has 2 aromatic rings. The Bertz CT molecular complexity index is 594. The zero-order valence-corrected chi connectivity index (χ0v) is 12.6. The lowest BCUT2D eigenvalue weighted by Gasteiger charge is -2.24. The van der Waals surface area contributed by atoms with Crippen molar-refractivity contribution in [2.75, 3.05) is 20.6 Å². The molecule has 0 aliphatic rings. The van der Waals surface area contributed by atoms with E-state index >= 15 is 0 Å². The topological polar surface area (TPSA) is 32.3 Å². The van der Waals surface area contributed by atoms with Gasteiger partial charge in [-0.2, -0.15) is 11.3 Å². The molecule has 0 spiro atoms. The first-order chi connectivity index (χ1) is 9.97. The molecule has 0 bridgehead atoms. The number of carbonyl (C=O) groups is 1. The number of carbonyl (C=O) groups excluding carboxylic acids is 1. The van der Waals surface area contributed by atoms with E-state index in [0.717, 1.165) is 23.8 Å². The summed E-state index contributed by atoms with van der Waals surface area (Å²) in [5.41, 5.74) is 1.08. The molecule has 1 N–H and O–H groups in total. The van der Waals surface area contributed by atoms with Gasteiger partial charge >= 0.3 is 0 Å². The van der Waals surface area contributed by atoms with E-state index in [1.165, 1.54) is 0 Å². The molecule has 112 valence electrons. The van der Waals surface area contributed by atoms with Gasteiger partial charge in [0.15, 0.2) is 0 Å². The highest BCUT2D eigenvalue weighted by Gasteiger charge is 2.16. The van der Waals surface area contributed by atoms with Crippen LogP contribution in [0.5, 0.6) is 0 Å². The van der Waals surface area contributed by atoms with Gasteiger partial charge in [-0.1, -0.05) is 0 Å². The Morgan fingerprint density at radius 2 is 1.95 bits per heavy atom. The number of benzene rings is 1. The van der Waals surface area contributed by atoms with E-state index < -0.39 is 17.5 Å². The van der Waals surface area contributed by atoms with Gasteiger partial charge in [-0.05, 0) is 48.6 Å². The predicted octanol–water partition coefficient (Wildman–Crippen LogP) is 3.06. The van der Waals surface area contributed by atoms with Crippen molar-refractivity contribution in [2.45, 2.75) is 6.04 Å². The summed E-state index contributed by atoms with van der Waals surface area (Å²) in [4.78, 5) is 14.0. The average molecular weight is 310 g/mol. The Morgan fingerprint density at radius 3 is 2.48 bits per heavy atom. The molecule has 0 unspecified atom stereocenters. The normalized spacial score (nSPS) is 12.4. The van der Waals surface area contributed by atoms with Crippen molar-refractivity contribution in [3.05, 3.63) is 57.8 Å². The highest BCUT2D eigenvalue weighted by Crippen LogP contribution is 2.20. The molecule has 0 aliphatic heterocycles. The van der Waals surface area contributed by atoms with Gasteiger partial charge in [0.25, 0.3) is 5.91 Å². The second-order valence-corrected chi connectivity index (χ2v) is 5.68. The molecular weight excluding hydrogens is 294 g/mol. The van der Waals surface area contributed by atoms with Crippen LogP contribution in [0.3, 0.4) is 0 Å². The molecule has 1 aromatic carbocycles. The van der Waals surface area contributed by atoms with Crippen LogP contribution in [0.2, 0.25) is 0 Å². The van der Waals surface area contributed by atoms with Crippen molar-refractivity contribution in [3.63, 3.8) is 0 Å². The molecule has 2 rings (SSSR count). The minimum Gasteiger partial charge on any atom is -0.350 e. The second kappa shape index (κ2) is 6.78. The van der Waals surface area contributed by atoms with E-state index in [2.05, 4.69) is 5.32 Å². The Morgan fingerprint density at radius 1 is 1.29 bits per heavy atom. The van der Waals surface area contributed by atoms with Crippen LogP contribution in [0, 0.1) is 11.6 Å². The fourth-order valence-corrected chi connectivity index (χ4v) is 2.75. The standard InChI is InChI=1S/C15H16F2N2OS/c1-19(2)14(10-3-4-21-9-10)8-18-15(20)11-5-12(16)7-13(17)6-11/h3-7,9,14H,8H2,1-2H3,(H,18,20)/t14-/m1/s1. The van der Waals surface area contributed by atoms with Gasteiger partial charge in [0.2, 0.25) is 0 Å². The van der Waals surface area contributed by atoms with Crippen LogP contribution in [0.4, 0.5) is 8.78 Å². The van der Waals surface area contributed by atoms with E-state index in [-0.39, 0.29) is 11.6 Å². The Kier molecular flexibility index (Phi) is 5.03. The van der Waals surface area contributed by atoms with E-state index in [0.29, 0.717) is 6.54 Å². The maximum Gasteiger partial charge on any atom is 0.251 e. The van der Waals surface area contributed by atoms with Crippen molar-refractivity contribution in [1.29, 1.82) is 0 Å². The molecule has 1 heterocycles. The molecule has 0 saturated carbocycles. The van der Waals surface area contributed by atoms with Crippen molar-refractivity contribution >= 4 is 17.2 Å². The smallest absolute Gasteiger partial charge is 0.251 e. The molecule has 0 radical (unpaired) electrons. The molecular formula is C15H16F2N2OS. The number of amides is 1. The Hall–Kier alpha value is -1.79. The van der Waals surface area contributed by atoms with Gasteiger partial charge < -0.3 is 10.2 Å². The maximum absolute atomic E-state index is 13.1. The van der Waals surface area contributed by atoms with Crippen LogP contribution < -0.4 is 5.32 Å². The number of likely N-dealkylation sites (N-methyl/N-ethyl adjacent to an activating group) is 1. The van der Waals surface area contributed by atoms with Crippen LogP contribution in [0.1, 0.15) is 22.0 Å². The average Bonchev–Trinajstić information content (AvgIpc) is 2.91. The Balaban J connectivity index is 2.05. The predicted molar refractivity (Wildman–Crippen MR) is 79.4 cm³/mol. The first-order valence-electron chi connectivity index (χ1n) is 6.40. The van der Waals surface area contributed by atoms with Crippen LogP contribution >= 0.6 is 11.3 Å². The minimum absolute atomic E-state index is 0.0126. The highest BCUT2D eigenvalue weighted by molar-refractivity contribution is 7.07. The van der Waals surface area contributed by atoms with Gasteiger partial charge in [0, 0.05) is 18.2 Å². The summed E-state index contributed by atoms with van der Waals surface area (Å²) in [5, 5.41) is 6.69. The van der Waals surface area contributed by atoms with Crippen molar-refractivity contribution in [2.24, 2.45) is 0 Å². The number of hydrogen-bond donors (Lipinski definition) is 1. The van der Waals surface area contributed by atoms with Gasteiger partial charge in [-0.3, -0.25) is 4.79 Å². The van der Waals surface area contributed by atoms with E-state index in [4.69, 9.17) is 0 Å². The molecule has 1 amide bonds. The van der Waals surface area contributed by atoms with Gasteiger partial charge in [0.1, 0.15) is 11.6 Å². The summed E-state index contributed by atoms with van der Waals surface area (Å²) >= 11 is 1.58. The highest BCUT2D eigenvalue weighted by atomic mass is 32.1. The lowest BCUT2D eigenvalue weighted by molar-refractivity contribution is 0.0941. The lowest BCUT2D eigenvalue weighted by atomic mass is 10.1. The van der Waals surface area contributed by atoms with Crippen LogP contribution in [0.25, 0.3) is 0 Å². The van der Waals surface area contributed by atoms with E-state index in [1.54, 1.807) is 11.3 Å². The first kappa shape index (κ1) is 15.6. The summed E-state index contributed by atoms with van der Waals surface area (Å²) < 4.78 is 26.2. The zero-order valence-electron chi connectivity index (χ0n) is 11.8. The Labute approximate surface area is 126 Å². The van der Waals surface area contributed by atoms with Crippen LogP contribution in [0.15, 0.2) is 35.0 Å². The fourth-order valence-electron chi connectivity index (χ4n) is 2.04. The van der Waals surface area contributed by atoms with Crippen molar-refractivity contribution < 1.29 is 13.6 Å². The third-order valence-electron chi connectivity index (χ3n) is 3.13. The van der Waals surface area contributed by atoms with Crippen molar-refractivity contribution in [1.82, 2.24) is 10.2 Å². The van der Waals surface area contributed by atoms with Gasteiger partial charge in [0.05, 0.1) is 6.04 Å². The van der Waals surface area contributed by atoms with Gasteiger partial charge in [-0.15, -0.1) is 0 Å². The third kappa shape index (κ3) is 4.09. The number of halogens is 2. The third-order valence-corrected chi connectivity index (χ3v) is 3.83. The molecule has 6 heteroatoms. The second-order valence-electron chi connectivity index (χ2n) is 4.90. The molecule has 21 heavy (non-hydrogen) atoms. The summed E-state index contributed by atoms with van der Waals surface area (Å²) in [6.07, 6.45) is 0. The molecule has 0 fully saturated rings. The minimum atomic E-state index is -0.762. The SMILES string of the molecule is CN(C)[C@H](CNC(=O)c1cc(F)cc(F)c1)c1ccsc1. The van der Waals surface area contributed by atoms with Gasteiger partial charge in [-0.25, -0.2) is 8.78 Å². The molecule has 1 atom stereocenters. The largest absolute Gasteiger partial charge is 0.350 e. The maximum atomic E-state index is 13.1. The first-order valence-corrected chi connectivity index (χ1v) is 7.34. The quantitative estimate of drug-likeness (QED) is 0.920. The summed E-state index contributed by atoms with van der Waals surface area (Å²) in [6, 6.07) is 4.79. The summed E-state index contributed by atoms with van der Waals surface area (Å²) in [7, 11) is 3.83. The van der Waals surface area contributed by atoms with Crippen LogP contribution in [-0.2, 0) is 0 Å². The summed E-state index contributed by atoms with van der Waals surface area (Å²) in [6.45, 7) is 0.362. The van der Waals surface area contributed by atoms with Crippen molar-refractivity contribution in [3.8, 4) is 0 Å². The number of rotatable bonds is 5. The molecule has 0 aliphatic carbocycles. The van der Waals surface area contributed by atoms with Crippen LogP contribution in [-0.4, -0.2) is 31.4 Å². The number of nitrogens with zero attached hydrogens (tertiary/aromatic N) is 1. The van der Waals surface area contributed by atoms with E-state index in [1.807, 2.05) is 35.8 Å².